The Hall–Kier alpha value is -0.820. The summed E-state index contributed by atoms with van der Waals surface area (Å²) in [5, 5.41) is 3.39. The molecular weight excluding hydrogens is 242 g/mol. The SMILES string of the molecule is CCc1ccc(CCCCCCC2[CH]NCCC2)cc1. The van der Waals surface area contributed by atoms with Crippen molar-refractivity contribution in [3.8, 4) is 0 Å². The van der Waals surface area contributed by atoms with Gasteiger partial charge in [0.25, 0.3) is 0 Å². The van der Waals surface area contributed by atoms with Crippen molar-refractivity contribution in [2.75, 3.05) is 6.54 Å². The van der Waals surface area contributed by atoms with Crippen molar-refractivity contribution >= 4 is 0 Å². The molecule has 1 fully saturated rings. The molecule has 0 spiro atoms. The molecule has 1 nitrogen and oxygen atoms in total. The number of unbranched alkanes of at least 4 members (excludes halogenated alkanes) is 3. The minimum Gasteiger partial charge on any atom is -0.312 e. The van der Waals surface area contributed by atoms with Crippen molar-refractivity contribution < 1.29 is 0 Å². The van der Waals surface area contributed by atoms with Crippen LogP contribution in [0.5, 0.6) is 0 Å². The normalized spacial score (nSPS) is 19.1. The fourth-order valence-electron chi connectivity index (χ4n) is 3.06. The maximum atomic E-state index is 3.39. The largest absolute Gasteiger partial charge is 0.312 e. The summed E-state index contributed by atoms with van der Waals surface area (Å²) in [6.07, 6.45) is 12.1. The Balaban J connectivity index is 1.50. The minimum atomic E-state index is 0.838. The van der Waals surface area contributed by atoms with Crippen molar-refractivity contribution in [1.82, 2.24) is 5.32 Å². The molecule has 111 valence electrons. The molecule has 1 aromatic carbocycles. The van der Waals surface area contributed by atoms with Crippen molar-refractivity contribution in [3.05, 3.63) is 41.9 Å². The summed E-state index contributed by atoms with van der Waals surface area (Å²) < 4.78 is 0. The van der Waals surface area contributed by atoms with Crippen LogP contribution in [0.15, 0.2) is 24.3 Å². The Labute approximate surface area is 125 Å². The van der Waals surface area contributed by atoms with Gasteiger partial charge in [-0.25, -0.2) is 0 Å². The predicted octanol–water partition coefficient (Wildman–Crippen LogP) is 4.90. The standard InChI is InChI=1S/C19H30N/c1-2-17-11-13-18(14-12-17)8-5-3-4-6-9-19-10-7-15-20-16-19/h11-14,16,19-20H,2-10,15H2,1H3. The van der Waals surface area contributed by atoms with Gasteiger partial charge in [0.2, 0.25) is 0 Å². The van der Waals surface area contributed by atoms with Gasteiger partial charge in [-0.1, -0.05) is 50.5 Å². The van der Waals surface area contributed by atoms with Crippen LogP contribution in [0.1, 0.15) is 63.0 Å². The molecule has 1 N–H and O–H groups in total. The third kappa shape index (κ3) is 5.66. The second kappa shape index (κ2) is 9.18. The van der Waals surface area contributed by atoms with Crippen LogP contribution in [0.4, 0.5) is 0 Å². The van der Waals surface area contributed by atoms with Crippen LogP contribution < -0.4 is 5.32 Å². The third-order valence-electron chi connectivity index (χ3n) is 4.47. The van der Waals surface area contributed by atoms with Gasteiger partial charge in [0, 0.05) is 6.54 Å². The maximum Gasteiger partial charge on any atom is 0.0252 e. The van der Waals surface area contributed by atoms with Gasteiger partial charge in [0.15, 0.2) is 0 Å². The first-order valence-electron chi connectivity index (χ1n) is 8.53. The van der Waals surface area contributed by atoms with E-state index in [1.165, 1.54) is 69.0 Å². The van der Waals surface area contributed by atoms with Crippen molar-refractivity contribution in [3.63, 3.8) is 0 Å². The molecular formula is C19H30N. The highest BCUT2D eigenvalue weighted by Gasteiger charge is 2.12. The molecule has 0 bridgehead atoms. The van der Waals surface area contributed by atoms with E-state index >= 15 is 0 Å². The Bertz CT molecular complexity index is 349. The number of nitrogens with one attached hydrogen (secondary N) is 1. The highest BCUT2D eigenvalue weighted by molar-refractivity contribution is 5.22. The van der Waals surface area contributed by atoms with Gasteiger partial charge in [-0.2, -0.15) is 0 Å². The molecule has 1 aromatic rings. The molecule has 1 heterocycles. The van der Waals surface area contributed by atoms with Gasteiger partial charge >= 0.3 is 0 Å². The lowest BCUT2D eigenvalue weighted by atomic mass is 9.93. The molecule has 0 aliphatic carbocycles. The summed E-state index contributed by atoms with van der Waals surface area (Å²) in [4.78, 5) is 0. The lowest BCUT2D eigenvalue weighted by molar-refractivity contribution is 0.395. The van der Waals surface area contributed by atoms with Gasteiger partial charge in [-0.05, 0) is 62.1 Å². The van der Waals surface area contributed by atoms with Crippen LogP contribution in [0, 0.1) is 12.5 Å². The van der Waals surface area contributed by atoms with Gasteiger partial charge in [-0.3, -0.25) is 0 Å². The van der Waals surface area contributed by atoms with Gasteiger partial charge in [-0.15, -0.1) is 0 Å². The van der Waals surface area contributed by atoms with E-state index in [1.807, 2.05) is 0 Å². The third-order valence-corrected chi connectivity index (χ3v) is 4.47. The summed E-state index contributed by atoms with van der Waals surface area (Å²) in [7, 11) is 0. The summed E-state index contributed by atoms with van der Waals surface area (Å²) >= 11 is 0. The zero-order valence-electron chi connectivity index (χ0n) is 13.0. The number of piperidine rings is 1. The van der Waals surface area contributed by atoms with Crippen LogP contribution >= 0.6 is 0 Å². The fraction of sp³-hybridized carbons (Fsp3) is 0.632. The quantitative estimate of drug-likeness (QED) is 0.663. The molecule has 1 aliphatic heterocycles. The second-order valence-corrected chi connectivity index (χ2v) is 6.15. The van der Waals surface area contributed by atoms with Crippen molar-refractivity contribution in [2.24, 2.45) is 5.92 Å². The van der Waals surface area contributed by atoms with Crippen LogP contribution in [-0.2, 0) is 12.8 Å². The molecule has 0 aromatic heterocycles. The smallest absolute Gasteiger partial charge is 0.0252 e. The molecule has 1 heteroatoms. The number of hydrogen-bond donors (Lipinski definition) is 1. The summed E-state index contributed by atoms with van der Waals surface area (Å²) in [6, 6.07) is 9.17. The van der Waals surface area contributed by atoms with Gasteiger partial charge in [0.05, 0.1) is 0 Å². The Kier molecular flexibility index (Phi) is 7.14. The Morgan fingerprint density at radius 1 is 1.00 bits per heavy atom. The molecule has 20 heavy (non-hydrogen) atoms. The first-order chi connectivity index (χ1) is 9.88. The highest BCUT2D eigenvalue weighted by Crippen LogP contribution is 2.20. The second-order valence-electron chi connectivity index (χ2n) is 6.15. The highest BCUT2D eigenvalue weighted by atomic mass is 14.9. The zero-order valence-corrected chi connectivity index (χ0v) is 13.0. The van der Waals surface area contributed by atoms with E-state index < -0.39 is 0 Å². The van der Waals surface area contributed by atoms with E-state index in [9.17, 15) is 0 Å². The molecule has 1 aliphatic rings. The van der Waals surface area contributed by atoms with E-state index in [1.54, 1.807) is 0 Å². The molecule has 0 saturated carbocycles. The van der Waals surface area contributed by atoms with Crippen molar-refractivity contribution in [1.29, 1.82) is 0 Å². The average molecular weight is 272 g/mol. The lowest BCUT2D eigenvalue weighted by Crippen LogP contribution is -2.24. The lowest BCUT2D eigenvalue weighted by Gasteiger charge is -2.21. The number of benzene rings is 1. The first kappa shape index (κ1) is 15.6. The number of aryl methyl sites for hydroxylation is 2. The van der Waals surface area contributed by atoms with E-state index in [0.29, 0.717) is 0 Å². The summed E-state index contributed by atoms with van der Waals surface area (Å²) in [5.41, 5.74) is 2.96. The Morgan fingerprint density at radius 2 is 1.75 bits per heavy atom. The van der Waals surface area contributed by atoms with E-state index in [-0.39, 0.29) is 0 Å². The molecule has 0 amide bonds. The van der Waals surface area contributed by atoms with Gasteiger partial charge < -0.3 is 5.32 Å². The average Bonchev–Trinajstić information content (AvgIpc) is 2.52. The van der Waals surface area contributed by atoms with E-state index in [0.717, 1.165) is 12.3 Å². The molecule has 1 saturated heterocycles. The number of rotatable bonds is 8. The first-order valence-corrected chi connectivity index (χ1v) is 8.53. The zero-order chi connectivity index (χ0) is 14.0. The summed E-state index contributed by atoms with van der Waals surface area (Å²) in [5.74, 6) is 0.838. The monoisotopic (exact) mass is 272 g/mol. The molecule has 1 atom stereocenters. The number of hydrogen-bond acceptors (Lipinski definition) is 1. The fourth-order valence-corrected chi connectivity index (χ4v) is 3.06. The minimum absolute atomic E-state index is 0.838. The topological polar surface area (TPSA) is 12.0 Å². The Morgan fingerprint density at radius 3 is 2.45 bits per heavy atom. The van der Waals surface area contributed by atoms with E-state index in [2.05, 4.69) is 43.1 Å². The predicted molar refractivity (Wildman–Crippen MR) is 87.6 cm³/mol. The molecule has 1 radical (unpaired) electrons. The van der Waals surface area contributed by atoms with Gasteiger partial charge in [0.1, 0.15) is 0 Å². The van der Waals surface area contributed by atoms with Crippen molar-refractivity contribution in [2.45, 2.75) is 64.7 Å². The van der Waals surface area contributed by atoms with Crippen LogP contribution in [0.3, 0.4) is 0 Å². The summed E-state index contributed by atoms with van der Waals surface area (Å²) in [6.45, 7) is 5.74. The maximum absolute atomic E-state index is 3.39. The van der Waals surface area contributed by atoms with Crippen LogP contribution in [-0.4, -0.2) is 6.54 Å². The van der Waals surface area contributed by atoms with Crippen LogP contribution in [0.2, 0.25) is 0 Å². The van der Waals surface area contributed by atoms with E-state index in [4.69, 9.17) is 0 Å². The molecule has 2 rings (SSSR count). The van der Waals surface area contributed by atoms with Crippen LogP contribution in [0.25, 0.3) is 0 Å². The molecule has 1 unspecified atom stereocenters.